The lowest BCUT2D eigenvalue weighted by molar-refractivity contribution is -0.113. The Morgan fingerprint density at radius 2 is 1.80 bits per heavy atom. The smallest absolute Gasteiger partial charge is 0.277 e. The van der Waals surface area contributed by atoms with Crippen molar-refractivity contribution in [1.29, 1.82) is 5.26 Å². The average Bonchev–Trinajstić information content (AvgIpc) is 3.40. The van der Waals surface area contributed by atoms with Crippen LogP contribution in [0.25, 0.3) is 17.1 Å². The molecule has 2 heterocycles. The second-order valence-corrected chi connectivity index (χ2v) is 9.09. The zero-order chi connectivity index (χ0) is 25.1. The molecule has 35 heavy (non-hydrogen) atoms. The molecule has 0 saturated heterocycles. The van der Waals surface area contributed by atoms with Gasteiger partial charge in [0.05, 0.1) is 18.4 Å². The van der Waals surface area contributed by atoms with Crippen molar-refractivity contribution >= 4 is 23.5 Å². The molecule has 1 amide bonds. The van der Waals surface area contributed by atoms with Crippen LogP contribution in [0.3, 0.4) is 0 Å². The van der Waals surface area contributed by atoms with Gasteiger partial charge < -0.3 is 14.5 Å². The number of benzene rings is 2. The molecule has 1 N–H and O–H groups in total. The van der Waals surface area contributed by atoms with Gasteiger partial charge in [-0.15, -0.1) is 10.2 Å². The van der Waals surface area contributed by atoms with Gasteiger partial charge in [-0.2, -0.15) is 5.26 Å². The molecule has 0 bridgehead atoms. The molecule has 2 aromatic heterocycles. The molecule has 0 fully saturated rings. The molecule has 0 atom stereocenters. The lowest BCUT2D eigenvalue weighted by atomic mass is 10.1. The van der Waals surface area contributed by atoms with Crippen LogP contribution in [-0.4, -0.2) is 33.5 Å². The number of carbonyl (C=O) groups is 1. The van der Waals surface area contributed by atoms with Crippen LogP contribution in [0, 0.1) is 39.0 Å². The summed E-state index contributed by atoms with van der Waals surface area (Å²) >= 11 is 1.14. The van der Waals surface area contributed by atoms with Crippen LogP contribution in [0.4, 0.5) is 5.82 Å². The third kappa shape index (κ3) is 5.08. The van der Waals surface area contributed by atoms with Crippen LogP contribution < -0.4 is 10.1 Å². The summed E-state index contributed by atoms with van der Waals surface area (Å²) in [5.41, 5.74) is 5.95. The standard InChI is InChI=1S/C26H25N5O3S/c1-15-10-16(2)12-19(11-15)25-29-30-26(34-25)35-14-23(32)28-24-22(13-27)17(3)18(4)31(24)20-6-8-21(33-5)9-7-20/h6-12H,14H2,1-5H3,(H,28,32). The lowest BCUT2D eigenvalue weighted by Crippen LogP contribution is -2.17. The van der Waals surface area contributed by atoms with E-state index in [0.717, 1.165) is 51.1 Å². The summed E-state index contributed by atoms with van der Waals surface area (Å²) in [7, 11) is 1.60. The summed E-state index contributed by atoms with van der Waals surface area (Å²) in [6.45, 7) is 7.80. The number of thioether (sulfide) groups is 1. The van der Waals surface area contributed by atoms with Crippen molar-refractivity contribution in [1.82, 2.24) is 14.8 Å². The highest BCUT2D eigenvalue weighted by Gasteiger charge is 2.21. The first-order valence-electron chi connectivity index (χ1n) is 10.9. The van der Waals surface area contributed by atoms with Crippen LogP contribution in [0.1, 0.15) is 27.9 Å². The largest absolute Gasteiger partial charge is 0.497 e. The molecule has 0 radical (unpaired) electrons. The Morgan fingerprint density at radius 1 is 1.11 bits per heavy atom. The number of rotatable bonds is 7. The highest BCUT2D eigenvalue weighted by Crippen LogP contribution is 2.31. The summed E-state index contributed by atoms with van der Waals surface area (Å²) < 4.78 is 12.9. The molecular weight excluding hydrogens is 462 g/mol. The number of hydrogen-bond acceptors (Lipinski definition) is 7. The van der Waals surface area contributed by atoms with E-state index in [4.69, 9.17) is 9.15 Å². The van der Waals surface area contributed by atoms with Gasteiger partial charge in [-0.3, -0.25) is 9.36 Å². The molecule has 4 rings (SSSR count). The molecule has 0 aliphatic rings. The lowest BCUT2D eigenvalue weighted by Gasteiger charge is -2.13. The van der Waals surface area contributed by atoms with Gasteiger partial charge >= 0.3 is 0 Å². The van der Waals surface area contributed by atoms with Crippen molar-refractivity contribution in [2.75, 3.05) is 18.2 Å². The minimum atomic E-state index is -0.287. The van der Waals surface area contributed by atoms with E-state index in [1.54, 1.807) is 7.11 Å². The number of carbonyl (C=O) groups excluding carboxylic acids is 1. The Morgan fingerprint density at radius 3 is 2.43 bits per heavy atom. The van der Waals surface area contributed by atoms with Crippen LogP contribution in [0.5, 0.6) is 5.75 Å². The minimum Gasteiger partial charge on any atom is -0.497 e. The van der Waals surface area contributed by atoms with Gasteiger partial charge in [0.2, 0.25) is 11.8 Å². The molecular formula is C26H25N5O3S. The van der Waals surface area contributed by atoms with Crippen molar-refractivity contribution in [2.45, 2.75) is 32.9 Å². The Labute approximate surface area is 207 Å². The molecule has 9 heteroatoms. The van der Waals surface area contributed by atoms with Gasteiger partial charge in [0.25, 0.3) is 5.22 Å². The predicted molar refractivity (Wildman–Crippen MR) is 135 cm³/mol. The quantitative estimate of drug-likeness (QED) is 0.349. The zero-order valence-corrected chi connectivity index (χ0v) is 21.0. The summed E-state index contributed by atoms with van der Waals surface area (Å²) in [6.07, 6.45) is 0. The number of aryl methyl sites for hydroxylation is 2. The van der Waals surface area contributed by atoms with Gasteiger partial charge in [-0.1, -0.05) is 29.0 Å². The number of hydrogen-bond donors (Lipinski definition) is 1. The highest BCUT2D eigenvalue weighted by molar-refractivity contribution is 7.99. The molecule has 2 aromatic carbocycles. The maximum absolute atomic E-state index is 12.9. The molecule has 0 aliphatic carbocycles. The van der Waals surface area contributed by atoms with Crippen molar-refractivity contribution in [3.05, 3.63) is 70.4 Å². The van der Waals surface area contributed by atoms with E-state index in [1.807, 2.05) is 68.7 Å². The second kappa shape index (κ2) is 10.1. The highest BCUT2D eigenvalue weighted by atomic mass is 32.2. The SMILES string of the molecule is COc1ccc(-n2c(C)c(C)c(C#N)c2NC(=O)CSc2nnc(-c3cc(C)cc(C)c3)o2)cc1. The van der Waals surface area contributed by atoms with E-state index in [9.17, 15) is 10.1 Å². The summed E-state index contributed by atoms with van der Waals surface area (Å²) in [4.78, 5) is 12.9. The Kier molecular flexibility index (Phi) is 6.94. The number of nitrogens with zero attached hydrogens (tertiary/aromatic N) is 4. The van der Waals surface area contributed by atoms with Gasteiger partial charge in [-0.25, -0.2) is 0 Å². The number of aromatic nitrogens is 3. The normalized spacial score (nSPS) is 10.7. The Bertz CT molecular complexity index is 1410. The summed E-state index contributed by atoms with van der Waals surface area (Å²) in [5.74, 6) is 1.32. The minimum absolute atomic E-state index is 0.0469. The summed E-state index contributed by atoms with van der Waals surface area (Å²) in [5, 5.41) is 21.1. The van der Waals surface area contributed by atoms with E-state index in [-0.39, 0.29) is 11.7 Å². The van der Waals surface area contributed by atoms with Crippen LogP contribution in [-0.2, 0) is 4.79 Å². The molecule has 0 spiro atoms. The molecule has 8 nitrogen and oxygen atoms in total. The second-order valence-electron chi connectivity index (χ2n) is 8.17. The van der Waals surface area contributed by atoms with E-state index >= 15 is 0 Å². The van der Waals surface area contributed by atoms with Crippen LogP contribution in [0.2, 0.25) is 0 Å². The maximum Gasteiger partial charge on any atom is 0.277 e. The van der Waals surface area contributed by atoms with E-state index in [2.05, 4.69) is 27.6 Å². The first-order chi connectivity index (χ1) is 16.8. The fourth-order valence-electron chi connectivity index (χ4n) is 3.89. The van der Waals surface area contributed by atoms with Crippen molar-refractivity contribution < 1.29 is 13.9 Å². The third-order valence-electron chi connectivity index (χ3n) is 5.62. The van der Waals surface area contributed by atoms with E-state index in [0.29, 0.717) is 22.5 Å². The molecule has 0 saturated carbocycles. The zero-order valence-electron chi connectivity index (χ0n) is 20.2. The maximum atomic E-state index is 12.9. The van der Waals surface area contributed by atoms with Crippen LogP contribution >= 0.6 is 11.8 Å². The summed E-state index contributed by atoms with van der Waals surface area (Å²) in [6, 6.07) is 15.7. The Balaban J connectivity index is 1.52. The van der Waals surface area contributed by atoms with Gasteiger partial charge in [0, 0.05) is 16.9 Å². The van der Waals surface area contributed by atoms with Gasteiger partial charge in [0.15, 0.2) is 0 Å². The number of anilines is 1. The molecule has 178 valence electrons. The number of nitrogens with one attached hydrogen (secondary N) is 1. The molecule has 0 aliphatic heterocycles. The van der Waals surface area contributed by atoms with Crippen LogP contribution in [0.15, 0.2) is 52.1 Å². The third-order valence-corrected chi connectivity index (χ3v) is 6.43. The first-order valence-corrected chi connectivity index (χ1v) is 11.9. The van der Waals surface area contributed by atoms with Crippen molar-refractivity contribution in [2.24, 2.45) is 0 Å². The number of ether oxygens (including phenoxy) is 1. The number of nitriles is 1. The van der Waals surface area contributed by atoms with E-state index < -0.39 is 0 Å². The van der Waals surface area contributed by atoms with E-state index in [1.165, 1.54) is 0 Å². The first kappa shape index (κ1) is 24.1. The van der Waals surface area contributed by atoms with Gasteiger partial charge in [-0.05, 0) is 69.7 Å². The number of methoxy groups -OCH3 is 1. The fourth-order valence-corrected chi connectivity index (χ4v) is 4.46. The Hall–Kier alpha value is -4.03. The van der Waals surface area contributed by atoms with Crippen molar-refractivity contribution in [3.8, 4) is 29.0 Å². The molecule has 4 aromatic rings. The monoisotopic (exact) mass is 487 g/mol. The number of amides is 1. The topological polar surface area (TPSA) is 106 Å². The molecule has 0 unspecified atom stereocenters. The van der Waals surface area contributed by atoms with Crippen molar-refractivity contribution in [3.63, 3.8) is 0 Å². The van der Waals surface area contributed by atoms with Gasteiger partial charge in [0.1, 0.15) is 17.6 Å². The fraction of sp³-hybridized carbons (Fsp3) is 0.231. The average molecular weight is 488 g/mol. The predicted octanol–water partition coefficient (Wildman–Crippen LogP) is 5.37.